The van der Waals surface area contributed by atoms with E-state index in [0.717, 1.165) is 0 Å². The average Bonchev–Trinajstić information content (AvgIpc) is 2.67. The van der Waals surface area contributed by atoms with Crippen LogP contribution in [0.4, 0.5) is 0 Å². The molecule has 6 heteroatoms. The summed E-state index contributed by atoms with van der Waals surface area (Å²) in [5.74, 6) is -0.545. The highest BCUT2D eigenvalue weighted by atomic mass is 32.2. The summed E-state index contributed by atoms with van der Waals surface area (Å²) in [5, 5.41) is 8.99. The fourth-order valence-corrected chi connectivity index (χ4v) is 2.97. The molecule has 1 saturated heterocycles. The van der Waals surface area contributed by atoms with E-state index in [1.165, 1.54) is 16.7 Å². The molecule has 1 N–H and O–H groups in total. The van der Waals surface area contributed by atoms with Gasteiger partial charge in [-0.3, -0.25) is 4.79 Å². The second kappa shape index (κ2) is 6.26. The molecule has 3 unspecified atom stereocenters. The average molecular weight is 261 g/mol. The molecule has 0 radical (unpaired) electrons. The number of methoxy groups -OCH3 is 1. The second-order valence-electron chi connectivity index (χ2n) is 4.17. The van der Waals surface area contributed by atoms with Crippen molar-refractivity contribution in [1.29, 1.82) is 0 Å². The van der Waals surface area contributed by atoms with Crippen molar-refractivity contribution in [2.75, 3.05) is 12.9 Å². The zero-order valence-corrected chi connectivity index (χ0v) is 11.2. The van der Waals surface area contributed by atoms with E-state index in [4.69, 9.17) is 9.84 Å². The van der Waals surface area contributed by atoms with Crippen molar-refractivity contribution in [3.63, 3.8) is 0 Å². The Kier molecular flexibility index (Phi) is 5.27. The molecule has 98 valence electrons. The summed E-state index contributed by atoms with van der Waals surface area (Å²) in [6, 6.07) is -0.680. The standard InChI is InChI=1S/C11H19NO4S/c1-7(16-3)4-5-10(13)12-8(2)17-6-9(12)11(14)15/h7-9H,4-6H2,1-3H3,(H,14,15). The van der Waals surface area contributed by atoms with E-state index in [-0.39, 0.29) is 17.4 Å². The number of carbonyl (C=O) groups is 2. The minimum absolute atomic E-state index is 0.0211. The third-order valence-electron chi connectivity index (χ3n) is 2.96. The van der Waals surface area contributed by atoms with Gasteiger partial charge in [-0.25, -0.2) is 4.79 Å². The van der Waals surface area contributed by atoms with Crippen LogP contribution in [-0.2, 0) is 14.3 Å². The van der Waals surface area contributed by atoms with Gasteiger partial charge < -0.3 is 14.7 Å². The number of amides is 1. The molecule has 1 aliphatic heterocycles. The van der Waals surface area contributed by atoms with Gasteiger partial charge in [-0.15, -0.1) is 11.8 Å². The first-order chi connectivity index (χ1) is 7.97. The number of hydrogen-bond acceptors (Lipinski definition) is 4. The number of thioether (sulfide) groups is 1. The van der Waals surface area contributed by atoms with Crippen molar-refractivity contribution in [3.8, 4) is 0 Å². The van der Waals surface area contributed by atoms with E-state index in [0.29, 0.717) is 18.6 Å². The fraction of sp³-hybridized carbons (Fsp3) is 0.818. The summed E-state index contributed by atoms with van der Waals surface area (Å²) in [4.78, 5) is 24.5. The monoisotopic (exact) mass is 261 g/mol. The third-order valence-corrected chi connectivity index (χ3v) is 4.18. The van der Waals surface area contributed by atoms with Crippen LogP contribution in [-0.4, -0.2) is 52.3 Å². The highest BCUT2D eigenvalue weighted by molar-refractivity contribution is 8.00. The van der Waals surface area contributed by atoms with E-state index in [2.05, 4.69) is 0 Å². The molecular formula is C11H19NO4S. The lowest BCUT2D eigenvalue weighted by Gasteiger charge is -2.25. The Bertz CT molecular complexity index is 297. The topological polar surface area (TPSA) is 66.8 Å². The zero-order chi connectivity index (χ0) is 13.0. The Hall–Kier alpha value is -0.750. The van der Waals surface area contributed by atoms with Gasteiger partial charge in [0.2, 0.25) is 5.91 Å². The molecule has 0 aromatic carbocycles. The van der Waals surface area contributed by atoms with E-state index < -0.39 is 12.0 Å². The molecular weight excluding hydrogens is 242 g/mol. The minimum atomic E-state index is -0.921. The van der Waals surface area contributed by atoms with Crippen LogP contribution in [0.3, 0.4) is 0 Å². The number of carbonyl (C=O) groups excluding carboxylic acids is 1. The maximum absolute atomic E-state index is 12.0. The maximum Gasteiger partial charge on any atom is 0.327 e. The summed E-state index contributed by atoms with van der Waals surface area (Å²) in [6.45, 7) is 3.76. The molecule has 1 amide bonds. The van der Waals surface area contributed by atoms with Crippen molar-refractivity contribution in [1.82, 2.24) is 4.90 Å². The molecule has 1 aliphatic rings. The van der Waals surface area contributed by atoms with Gasteiger partial charge in [0.15, 0.2) is 0 Å². The molecule has 0 saturated carbocycles. The van der Waals surface area contributed by atoms with Gasteiger partial charge in [0.25, 0.3) is 0 Å². The molecule has 1 fully saturated rings. The first-order valence-corrected chi connectivity index (χ1v) is 6.70. The Morgan fingerprint density at radius 1 is 1.59 bits per heavy atom. The Balaban J connectivity index is 2.56. The van der Waals surface area contributed by atoms with E-state index in [1.54, 1.807) is 7.11 Å². The van der Waals surface area contributed by atoms with Gasteiger partial charge in [-0.05, 0) is 20.3 Å². The van der Waals surface area contributed by atoms with Crippen LogP contribution in [0.15, 0.2) is 0 Å². The molecule has 1 heterocycles. The van der Waals surface area contributed by atoms with E-state index in [9.17, 15) is 9.59 Å². The maximum atomic E-state index is 12.0. The van der Waals surface area contributed by atoms with Gasteiger partial charge in [0.1, 0.15) is 6.04 Å². The molecule has 5 nitrogen and oxygen atoms in total. The van der Waals surface area contributed by atoms with Crippen LogP contribution in [0.2, 0.25) is 0 Å². The first-order valence-electron chi connectivity index (χ1n) is 5.65. The lowest BCUT2D eigenvalue weighted by atomic mass is 10.1. The van der Waals surface area contributed by atoms with Crippen molar-refractivity contribution in [2.45, 2.75) is 44.2 Å². The minimum Gasteiger partial charge on any atom is -0.480 e. The van der Waals surface area contributed by atoms with Crippen LogP contribution in [0.5, 0.6) is 0 Å². The third kappa shape index (κ3) is 3.61. The second-order valence-corrected chi connectivity index (χ2v) is 5.52. The van der Waals surface area contributed by atoms with Gasteiger partial charge in [-0.1, -0.05) is 0 Å². The van der Waals surface area contributed by atoms with Crippen LogP contribution < -0.4 is 0 Å². The smallest absolute Gasteiger partial charge is 0.327 e. The Morgan fingerprint density at radius 2 is 2.24 bits per heavy atom. The largest absolute Gasteiger partial charge is 0.480 e. The quantitative estimate of drug-likeness (QED) is 0.805. The molecule has 17 heavy (non-hydrogen) atoms. The summed E-state index contributed by atoms with van der Waals surface area (Å²) in [5.41, 5.74) is 0. The van der Waals surface area contributed by atoms with Gasteiger partial charge in [-0.2, -0.15) is 0 Å². The van der Waals surface area contributed by atoms with Crippen molar-refractivity contribution >= 4 is 23.6 Å². The number of rotatable bonds is 5. The summed E-state index contributed by atoms with van der Waals surface area (Å²) < 4.78 is 5.07. The van der Waals surface area contributed by atoms with Gasteiger partial charge in [0.05, 0.1) is 11.5 Å². The van der Waals surface area contributed by atoms with E-state index >= 15 is 0 Å². The molecule has 3 atom stereocenters. The molecule has 0 bridgehead atoms. The predicted octanol–water partition coefficient (Wildman–Crippen LogP) is 1.18. The number of carboxylic acids is 1. The van der Waals surface area contributed by atoms with E-state index in [1.807, 2.05) is 13.8 Å². The molecule has 0 aromatic heterocycles. The Labute approximate surface area is 105 Å². The lowest BCUT2D eigenvalue weighted by molar-refractivity contribution is -0.149. The fourth-order valence-electron chi connectivity index (χ4n) is 1.78. The predicted molar refractivity (Wildman–Crippen MR) is 65.9 cm³/mol. The number of hydrogen-bond donors (Lipinski definition) is 1. The number of carboxylic acid groups (broad SMARTS) is 1. The highest BCUT2D eigenvalue weighted by Gasteiger charge is 2.38. The molecule has 0 aromatic rings. The molecule has 0 spiro atoms. The SMILES string of the molecule is COC(C)CCC(=O)N1C(C)SCC1C(=O)O. The first kappa shape index (κ1) is 14.3. The van der Waals surface area contributed by atoms with Crippen LogP contribution in [0.25, 0.3) is 0 Å². The van der Waals surface area contributed by atoms with Crippen LogP contribution in [0.1, 0.15) is 26.7 Å². The normalized spacial score (nSPS) is 25.9. The van der Waals surface area contributed by atoms with Gasteiger partial charge in [0, 0.05) is 19.3 Å². The van der Waals surface area contributed by atoms with Crippen molar-refractivity contribution < 1.29 is 19.4 Å². The summed E-state index contributed by atoms with van der Waals surface area (Å²) in [7, 11) is 1.60. The molecule has 1 rings (SSSR count). The van der Waals surface area contributed by atoms with Gasteiger partial charge >= 0.3 is 5.97 Å². The summed E-state index contributed by atoms with van der Waals surface area (Å²) >= 11 is 1.50. The Morgan fingerprint density at radius 3 is 2.76 bits per heavy atom. The molecule has 0 aliphatic carbocycles. The zero-order valence-electron chi connectivity index (χ0n) is 10.4. The number of nitrogens with zero attached hydrogens (tertiary/aromatic N) is 1. The van der Waals surface area contributed by atoms with Crippen molar-refractivity contribution in [3.05, 3.63) is 0 Å². The lowest BCUT2D eigenvalue weighted by Crippen LogP contribution is -2.44. The summed E-state index contributed by atoms with van der Waals surface area (Å²) in [6.07, 6.45) is 0.979. The van der Waals surface area contributed by atoms with Crippen LogP contribution >= 0.6 is 11.8 Å². The van der Waals surface area contributed by atoms with Crippen LogP contribution in [0, 0.1) is 0 Å². The number of aliphatic carboxylic acids is 1. The highest BCUT2D eigenvalue weighted by Crippen LogP contribution is 2.29. The van der Waals surface area contributed by atoms with Crippen molar-refractivity contribution in [2.24, 2.45) is 0 Å². The number of ether oxygens (including phenoxy) is 1.